The SMILES string of the molecule is CC(C)C(=O)OOC(=O)c1c(Sc2ccc(-c3ccc(OC(F)(F)F)cc3)cc2)nnn1C. The second kappa shape index (κ2) is 9.94. The molecule has 12 heteroatoms. The Morgan fingerprint density at radius 1 is 0.970 bits per heavy atom. The Balaban J connectivity index is 1.69. The van der Waals surface area contributed by atoms with E-state index in [1.54, 1.807) is 38.1 Å². The predicted octanol–water partition coefficient (Wildman–Crippen LogP) is 4.80. The number of alkyl halides is 3. The van der Waals surface area contributed by atoms with Gasteiger partial charge in [0.2, 0.25) is 0 Å². The molecule has 0 bridgehead atoms. The van der Waals surface area contributed by atoms with E-state index in [-0.39, 0.29) is 16.5 Å². The van der Waals surface area contributed by atoms with Crippen molar-refractivity contribution in [1.29, 1.82) is 0 Å². The Morgan fingerprint density at radius 2 is 1.55 bits per heavy atom. The average molecular weight is 481 g/mol. The zero-order valence-corrected chi connectivity index (χ0v) is 18.4. The van der Waals surface area contributed by atoms with Crippen LogP contribution in [-0.2, 0) is 21.6 Å². The van der Waals surface area contributed by atoms with Crippen LogP contribution in [0.15, 0.2) is 58.5 Å². The summed E-state index contributed by atoms with van der Waals surface area (Å²) >= 11 is 1.14. The zero-order chi connectivity index (χ0) is 24.2. The van der Waals surface area contributed by atoms with Gasteiger partial charge in [0.15, 0.2) is 10.7 Å². The van der Waals surface area contributed by atoms with Crippen molar-refractivity contribution in [3.8, 4) is 16.9 Å². The standard InChI is InChI=1S/C21H18F3N3O5S/c1-12(2)19(28)31-32-20(29)17-18(25-26-27(17)3)33-16-10-6-14(7-11-16)13-4-8-15(9-5-13)30-21(22,23)24/h4-12H,1-3H3. The zero-order valence-electron chi connectivity index (χ0n) is 17.6. The van der Waals surface area contributed by atoms with Gasteiger partial charge in [-0.2, -0.15) is 0 Å². The third kappa shape index (κ3) is 6.48. The first-order valence-electron chi connectivity index (χ1n) is 9.50. The molecule has 8 nitrogen and oxygen atoms in total. The molecule has 0 aliphatic heterocycles. The van der Waals surface area contributed by atoms with Gasteiger partial charge in [-0.05, 0) is 35.4 Å². The summed E-state index contributed by atoms with van der Waals surface area (Å²) in [7, 11) is 1.49. The monoisotopic (exact) mass is 481 g/mol. The van der Waals surface area contributed by atoms with Crippen molar-refractivity contribution in [3.63, 3.8) is 0 Å². The minimum atomic E-state index is -4.75. The molecule has 0 atom stereocenters. The molecule has 0 N–H and O–H groups in total. The molecule has 174 valence electrons. The number of rotatable bonds is 6. The number of aryl methyl sites for hydroxylation is 1. The topological polar surface area (TPSA) is 92.5 Å². The van der Waals surface area contributed by atoms with E-state index in [2.05, 4.69) is 24.8 Å². The van der Waals surface area contributed by atoms with E-state index in [1.165, 1.54) is 36.0 Å². The molecule has 0 amide bonds. The number of carbonyl (C=O) groups excluding carboxylic acids is 2. The van der Waals surface area contributed by atoms with Crippen LogP contribution < -0.4 is 4.74 Å². The third-order valence-electron chi connectivity index (χ3n) is 4.15. The Hall–Kier alpha value is -3.54. The van der Waals surface area contributed by atoms with E-state index in [0.29, 0.717) is 10.5 Å². The molecule has 2 aromatic carbocycles. The molecule has 0 spiro atoms. The molecule has 0 saturated carbocycles. The highest BCUT2D eigenvalue weighted by molar-refractivity contribution is 7.99. The minimum Gasteiger partial charge on any atom is -0.406 e. The normalized spacial score (nSPS) is 11.4. The average Bonchev–Trinajstić information content (AvgIpc) is 3.11. The summed E-state index contributed by atoms with van der Waals surface area (Å²) in [6.45, 7) is 3.19. The summed E-state index contributed by atoms with van der Waals surface area (Å²) in [5, 5.41) is 7.99. The maximum Gasteiger partial charge on any atom is 0.573 e. The van der Waals surface area contributed by atoms with Gasteiger partial charge >= 0.3 is 18.3 Å². The van der Waals surface area contributed by atoms with Crippen molar-refractivity contribution >= 4 is 23.7 Å². The predicted molar refractivity (Wildman–Crippen MR) is 110 cm³/mol. The van der Waals surface area contributed by atoms with Gasteiger partial charge in [-0.25, -0.2) is 24.0 Å². The summed E-state index contributed by atoms with van der Waals surface area (Å²) in [5.41, 5.74) is 1.45. The van der Waals surface area contributed by atoms with Crippen LogP contribution in [-0.4, -0.2) is 33.3 Å². The summed E-state index contributed by atoms with van der Waals surface area (Å²) < 4.78 is 41.9. The molecular weight excluding hydrogens is 463 g/mol. The molecule has 0 aliphatic carbocycles. The second-order valence-corrected chi connectivity index (χ2v) is 8.06. The maximum absolute atomic E-state index is 12.3. The molecule has 0 aliphatic rings. The lowest BCUT2D eigenvalue weighted by Crippen LogP contribution is -2.18. The summed E-state index contributed by atoms with van der Waals surface area (Å²) in [5.74, 6) is -2.39. The van der Waals surface area contributed by atoms with Crippen molar-refractivity contribution in [2.75, 3.05) is 0 Å². The fourth-order valence-corrected chi connectivity index (χ4v) is 3.40. The van der Waals surface area contributed by atoms with Crippen LogP contribution in [0.25, 0.3) is 11.1 Å². The quantitative estimate of drug-likeness (QED) is 0.366. The highest BCUT2D eigenvalue weighted by Gasteiger charge is 2.31. The van der Waals surface area contributed by atoms with Crippen LogP contribution >= 0.6 is 11.8 Å². The van der Waals surface area contributed by atoms with Gasteiger partial charge in [-0.15, -0.1) is 18.3 Å². The van der Waals surface area contributed by atoms with Crippen LogP contribution in [0.5, 0.6) is 5.75 Å². The second-order valence-electron chi connectivity index (χ2n) is 6.99. The number of halogens is 3. The van der Waals surface area contributed by atoms with Gasteiger partial charge in [-0.1, -0.05) is 55.1 Å². The fourth-order valence-electron chi connectivity index (χ4n) is 2.52. The minimum absolute atomic E-state index is 0.000820. The van der Waals surface area contributed by atoms with Crippen LogP contribution in [0.1, 0.15) is 24.3 Å². The van der Waals surface area contributed by atoms with Gasteiger partial charge in [0.05, 0.1) is 5.92 Å². The van der Waals surface area contributed by atoms with Crippen molar-refractivity contribution < 1.29 is 37.3 Å². The smallest absolute Gasteiger partial charge is 0.406 e. The number of benzene rings is 2. The molecule has 3 aromatic rings. The molecule has 1 aromatic heterocycles. The van der Waals surface area contributed by atoms with Crippen molar-refractivity contribution in [2.45, 2.75) is 30.1 Å². The lowest BCUT2D eigenvalue weighted by molar-refractivity contribution is -0.274. The molecule has 33 heavy (non-hydrogen) atoms. The van der Waals surface area contributed by atoms with E-state index in [1.807, 2.05) is 0 Å². The van der Waals surface area contributed by atoms with Gasteiger partial charge in [0.25, 0.3) is 0 Å². The molecule has 0 fully saturated rings. The fraction of sp³-hybridized carbons (Fsp3) is 0.238. The van der Waals surface area contributed by atoms with Gasteiger partial charge < -0.3 is 4.74 Å². The third-order valence-corrected chi connectivity index (χ3v) is 5.13. The van der Waals surface area contributed by atoms with Crippen LogP contribution in [0.3, 0.4) is 0 Å². The number of hydrogen-bond donors (Lipinski definition) is 0. The van der Waals surface area contributed by atoms with Gasteiger partial charge in [-0.3, -0.25) is 0 Å². The number of carbonyl (C=O) groups is 2. The lowest BCUT2D eigenvalue weighted by Gasteiger charge is -2.09. The first-order valence-corrected chi connectivity index (χ1v) is 10.3. The molecule has 0 radical (unpaired) electrons. The molecule has 1 heterocycles. The number of nitrogens with zero attached hydrogens (tertiary/aromatic N) is 3. The molecule has 3 rings (SSSR count). The first kappa shape index (κ1) is 24.1. The van der Waals surface area contributed by atoms with Crippen LogP contribution in [0, 0.1) is 5.92 Å². The summed E-state index contributed by atoms with van der Waals surface area (Å²) in [6, 6.07) is 12.5. The van der Waals surface area contributed by atoms with Crippen LogP contribution in [0.4, 0.5) is 13.2 Å². The largest absolute Gasteiger partial charge is 0.573 e. The van der Waals surface area contributed by atoms with Crippen molar-refractivity contribution in [1.82, 2.24) is 15.0 Å². The van der Waals surface area contributed by atoms with Gasteiger partial charge in [0.1, 0.15) is 5.75 Å². The molecular formula is C21H18F3N3O5S. The number of aromatic nitrogens is 3. The molecule has 0 unspecified atom stereocenters. The number of hydrogen-bond acceptors (Lipinski definition) is 8. The molecule has 0 saturated heterocycles. The van der Waals surface area contributed by atoms with Crippen molar-refractivity contribution in [3.05, 3.63) is 54.2 Å². The highest BCUT2D eigenvalue weighted by atomic mass is 32.2. The van der Waals surface area contributed by atoms with Crippen molar-refractivity contribution in [2.24, 2.45) is 13.0 Å². The Bertz CT molecular complexity index is 1130. The van der Waals surface area contributed by atoms with E-state index in [9.17, 15) is 22.8 Å². The van der Waals surface area contributed by atoms with Gasteiger partial charge in [0, 0.05) is 11.9 Å². The van der Waals surface area contributed by atoms with E-state index in [0.717, 1.165) is 17.3 Å². The summed E-state index contributed by atoms with van der Waals surface area (Å²) in [4.78, 5) is 33.7. The van der Waals surface area contributed by atoms with E-state index >= 15 is 0 Å². The summed E-state index contributed by atoms with van der Waals surface area (Å²) in [6.07, 6.45) is -4.75. The lowest BCUT2D eigenvalue weighted by atomic mass is 10.1. The number of ether oxygens (including phenoxy) is 1. The maximum atomic E-state index is 12.3. The van der Waals surface area contributed by atoms with E-state index < -0.39 is 24.2 Å². The highest BCUT2D eigenvalue weighted by Crippen LogP contribution is 2.32. The Kier molecular flexibility index (Phi) is 7.26. The first-order chi connectivity index (χ1) is 15.5. The Labute approximate surface area is 190 Å². The Morgan fingerprint density at radius 3 is 2.09 bits per heavy atom. The van der Waals surface area contributed by atoms with E-state index in [4.69, 9.17) is 0 Å². The van der Waals surface area contributed by atoms with Crippen LogP contribution in [0.2, 0.25) is 0 Å².